The highest BCUT2D eigenvalue weighted by molar-refractivity contribution is 6.33. The van der Waals surface area contributed by atoms with Gasteiger partial charge < -0.3 is 26.2 Å². The minimum Gasteiger partial charge on any atom is -0.481 e. The number of carbonyl (C=O) groups excluding carboxylic acids is 1. The zero-order chi connectivity index (χ0) is 30.7. The molecule has 0 saturated heterocycles. The molecule has 5 N–H and O–H groups in total. The SMILES string of the molecule is O=C(NCc1ccc(C(F)(F)F)cn1)c1ccc(CNc2c(Cl)ccc3c2CCNCC3)cc1.O=C(O)CCC(=O)O. The van der Waals surface area contributed by atoms with Crippen molar-refractivity contribution < 1.29 is 37.8 Å². The van der Waals surface area contributed by atoms with Gasteiger partial charge in [0, 0.05) is 18.3 Å². The number of aliphatic carboxylic acids is 2. The van der Waals surface area contributed by atoms with Crippen LogP contribution in [0.3, 0.4) is 0 Å². The van der Waals surface area contributed by atoms with Crippen molar-refractivity contribution in [1.82, 2.24) is 15.6 Å². The Hall–Kier alpha value is -4.16. The number of amides is 1. The lowest BCUT2D eigenvalue weighted by Gasteiger charge is -2.16. The van der Waals surface area contributed by atoms with Crippen molar-refractivity contribution in [2.24, 2.45) is 0 Å². The van der Waals surface area contributed by atoms with Crippen molar-refractivity contribution in [1.29, 1.82) is 0 Å². The number of alkyl halides is 3. The molecule has 4 rings (SSSR count). The fraction of sp³-hybridized carbons (Fsp3) is 0.310. The fourth-order valence-corrected chi connectivity index (χ4v) is 4.33. The van der Waals surface area contributed by atoms with E-state index in [4.69, 9.17) is 21.8 Å². The maximum absolute atomic E-state index is 12.6. The van der Waals surface area contributed by atoms with E-state index in [1.807, 2.05) is 18.2 Å². The molecule has 9 nitrogen and oxygen atoms in total. The lowest BCUT2D eigenvalue weighted by atomic mass is 10.0. The van der Waals surface area contributed by atoms with Crippen molar-refractivity contribution >= 4 is 35.1 Å². The van der Waals surface area contributed by atoms with E-state index in [-0.39, 0.29) is 25.3 Å². The first kappa shape index (κ1) is 32.4. The van der Waals surface area contributed by atoms with Crippen LogP contribution in [0, 0.1) is 0 Å². The predicted molar refractivity (Wildman–Crippen MR) is 150 cm³/mol. The largest absolute Gasteiger partial charge is 0.481 e. The van der Waals surface area contributed by atoms with Gasteiger partial charge in [-0.15, -0.1) is 0 Å². The summed E-state index contributed by atoms with van der Waals surface area (Å²) in [5.41, 5.74) is 4.45. The number of carboxylic acid groups (broad SMARTS) is 2. The van der Waals surface area contributed by atoms with Crippen molar-refractivity contribution in [3.8, 4) is 0 Å². The Labute approximate surface area is 245 Å². The first-order valence-corrected chi connectivity index (χ1v) is 13.4. The minimum atomic E-state index is -4.44. The van der Waals surface area contributed by atoms with Crippen LogP contribution in [0.15, 0.2) is 54.7 Å². The van der Waals surface area contributed by atoms with Crippen LogP contribution in [0.4, 0.5) is 18.9 Å². The van der Waals surface area contributed by atoms with Crippen molar-refractivity contribution in [3.63, 3.8) is 0 Å². The van der Waals surface area contributed by atoms with Crippen molar-refractivity contribution in [2.45, 2.75) is 44.9 Å². The zero-order valence-electron chi connectivity index (χ0n) is 22.4. The summed E-state index contributed by atoms with van der Waals surface area (Å²) in [6.07, 6.45) is -2.40. The lowest BCUT2D eigenvalue weighted by Crippen LogP contribution is -2.23. The van der Waals surface area contributed by atoms with E-state index in [0.717, 1.165) is 49.4 Å². The van der Waals surface area contributed by atoms with Gasteiger partial charge in [-0.2, -0.15) is 13.2 Å². The molecule has 42 heavy (non-hydrogen) atoms. The third kappa shape index (κ3) is 10.0. The molecule has 1 amide bonds. The van der Waals surface area contributed by atoms with E-state index in [2.05, 4.69) is 27.0 Å². The highest BCUT2D eigenvalue weighted by Crippen LogP contribution is 2.31. The molecule has 0 saturated carbocycles. The van der Waals surface area contributed by atoms with Gasteiger partial charge in [0.15, 0.2) is 0 Å². The fourth-order valence-electron chi connectivity index (χ4n) is 4.08. The Morgan fingerprint density at radius 3 is 2.17 bits per heavy atom. The molecule has 0 atom stereocenters. The summed E-state index contributed by atoms with van der Waals surface area (Å²) < 4.78 is 37.9. The summed E-state index contributed by atoms with van der Waals surface area (Å²) >= 11 is 6.47. The highest BCUT2D eigenvalue weighted by atomic mass is 35.5. The number of nitrogens with one attached hydrogen (secondary N) is 3. The third-order valence-corrected chi connectivity index (χ3v) is 6.62. The normalized spacial score (nSPS) is 12.7. The van der Waals surface area contributed by atoms with Gasteiger partial charge in [-0.1, -0.05) is 29.8 Å². The molecule has 13 heteroatoms. The number of hydrogen-bond acceptors (Lipinski definition) is 6. The van der Waals surface area contributed by atoms with Crippen LogP contribution in [0.5, 0.6) is 0 Å². The first-order valence-electron chi connectivity index (χ1n) is 13.0. The number of carboxylic acids is 2. The van der Waals surface area contributed by atoms with Crippen LogP contribution in [0.1, 0.15) is 51.1 Å². The number of halogens is 4. The van der Waals surface area contributed by atoms with E-state index in [1.165, 1.54) is 17.2 Å². The molecule has 1 aliphatic heterocycles. The molecule has 1 aromatic heterocycles. The molecule has 0 bridgehead atoms. The average molecular weight is 607 g/mol. The molecule has 224 valence electrons. The van der Waals surface area contributed by atoms with Gasteiger partial charge in [-0.3, -0.25) is 19.4 Å². The van der Waals surface area contributed by atoms with Crippen LogP contribution in [-0.2, 0) is 41.7 Å². The first-order chi connectivity index (χ1) is 19.9. The molecule has 2 heterocycles. The Bertz CT molecular complexity index is 1370. The van der Waals surface area contributed by atoms with E-state index in [9.17, 15) is 27.6 Å². The van der Waals surface area contributed by atoms with E-state index in [0.29, 0.717) is 22.8 Å². The maximum Gasteiger partial charge on any atom is 0.417 e. The Morgan fingerprint density at radius 2 is 1.57 bits per heavy atom. The van der Waals surface area contributed by atoms with Gasteiger partial charge in [0.2, 0.25) is 0 Å². The summed E-state index contributed by atoms with van der Waals surface area (Å²) in [5.74, 6) is -2.48. The van der Waals surface area contributed by atoms with Crippen molar-refractivity contribution in [3.05, 3.63) is 93.3 Å². The second-order valence-electron chi connectivity index (χ2n) is 9.37. The molecular formula is C29H30ClF3N4O5. The molecule has 0 aliphatic carbocycles. The van der Waals surface area contributed by atoms with Crippen LogP contribution in [0.2, 0.25) is 5.02 Å². The summed E-state index contributed by atoms with van der Waals surface area (Å²) in [7, 11) is 0. The second kappa shape index (κ2) is 15.2. The summed E-state index contributed by atoms with van der Waals surface area (Å²) in [4.78, 5) is 35.5. The number of carbonyl (C=O) groups is 3. The molecule has 3 aromatic rings. The van der Waals surface area contributed by atoms with Gasteiger partial charge >= 0.3 is 18.1 Å². The van der Waals surface area contributed by atoms with Gasteiger partial charge in [0.25, 0.3) is 5.91 Å². The molecule has 0 spiro atoms. The topological polar surface area (TPSA) is 141 Å². The Kier molecular flexibility index (Phi) is 11.7. The van der Waals surface area contributed by atoms with Gasteiger partial charge in [0.05, 0.1) is 41.4 Å². The molecule has 0 unspecified atom stereocenters. The monoisotopic (exact) mass is 606 g/mol. The quantitative estimate of drug-likeness (QED) is 0.231. The van der Waals surface area contributed by atoms with E-state index in [1.54, 1.807) is 12.1 Å². The molecule has 2 aromatic carbocycles. The predicted octanol–water partition coefficient (Wildman–Crippen LogP) is 4.92. The smallest absolute Gasteiger partial charge is 0.417 e. The van der Waals surface area contributed by atoms with Gasteiger partial charge in [-0.05, 0) is 73.0 Å². The summed E-state index contributed by atoms with van der Waals surface area (Å²) in [5, 5.41) is 26.0. The standard InChI is InChI=1S/C25H24ClF3N4O.C4H6O4/c26-22-8-5-17-9-11-30-12-10-21(17)23(22)32-13-16-1-3-18(4-2-16)24(34)33-15-20-7-6-19(14-31-20)25(27,28)29;5-3(6)1-2-4(7)8/h1-8,14,30,32H,9-13,15H2,(H,33,34);1-2H2,(H,5,6)(H,7,8). The van der Waals surface area contributed by atoms with Gasteiger partial charge in [0.1, 0.15) is 0 Å². The highest BCUT2D eigenvalue weighted by Gasteiger charge is 2.30. The summed E-state index contributed by atoms with van der Waals surface area (Å²) in [6, 6.07) is 13.3. The number of aromatic nitrogens is 1. The Morgan fingerprint density at radius 1 is 0.905 bits per heavy atom. The number of anilines is 1. The van der Waals surface area contributed by atoms with E-state index < -0.39 is 23.7 Å². The van der Waals surface area contributed by atoms with Crippen LogP contribution >= 0.6 is 11.6 Å². The number of pyridine rings is 1. The number of hydrogen-bond donors (Lipinski definition) is 5. The van der Waals surface area contributed by atoms with E-state index >= 15 is 0 Å². The maximum atomic E-state index is 12.6. The van der Waals surface area contributed by atoms with Crippen LogP contribution in [0.25, 0.3) is 0 Å². The number of rotatable bonds is 9. The Balaban J connectivity index is 0.000000531. The zero-order valence-corrected chi connectivity index (χ0v) is 23.2. The number of benzene rings is 2. The summed E-state index contributed by atoms with van der Waals surface area (Å²) in [6.45, 7) is 2.45. The molecule has 1 aliphatic rings. The second-order valence-corrected chi connectivity index (χ2v) is 9.77. The average Bonchev–Trinajstić information content (AvgIpc) is 3.20. The molecule has 0 fully saturated rings. The third-order valence-electron chi connectivity index (χ3n) is 6.30. The number of fused-ring (bicyclic) bond motifs is 1. The minimum absolute atomic E-state index is 0.0345. The van der Waals surface area contributed by atoms with Crippen LogP contribution in [-0.4, -0.2) is 46.1 Å². The molecular weight excluding hydrogens is 577 g/mol. The van der Waals surface area contributed by atoms with Gasteiger partial charge in [-0.25, -0.2) is 0 Å². The number of nitrogens with zero attached hydrogens (tertiary/aromatic N) is 1. The molecule has 0 radical (unpaired) electrons. The lowest BCUT2D eigenvalue weighted by molar-refractivity contribution is -0.143. The van der Waals surface area contributed by atoms with Crippen LogP contribution < -0.4 is 16.0 Å². The van der Waals surface area contributed by atoms with Crippen molar-refractivity contribution in [2.75, 3.05) is 18.4 Å².